The van der Waals surface area contributed by atoms with Crippen molar-refractivity contribution in [3.05, 3.63) is 52.8 Å². The molecule has 0 bridgehead atoms. The van der Waals surface area contributed by atoms with Gasteiger partial charge in [0.05, 0.1) is 12.0 Å². The molecule has 1 spiro atoms. The van der Waals surface area contributed by atoms with Gasteiger partial charge in [-0.1, -0.05) is 15.9 Å². The number of aromatic nitrogens is 1. The zero-order chi connectivity index (χ0) is 20.3. The second kappa shape index (κ2) is 8.51. The van der Waals surface area contributed by atoms with Crippen LogP contribution in [0.25, 0.3) is 0 Å². The van der Waals surface area contributed by atoms with Gasteiger partial charge in [-0.25, -0.2) is 0 Å². The lowest BCUT2D eigenvalue weighted by molar-refractivity contribution is -0.149. The second-order valence-electron chi connectivity index (χ2n) is 7.40. The van der Waals surface area contributed by atoms with Crippen LogP contribution >= 0.6 is 15.9 Å². The van der Waals surface area contributed by atoms with Crippen LogP contribution in [0.5, 0.6) is 11.5 Å². The van der Waals surface area contributed by atoms with Crippen LogP contribution in [0.2, 0.25) is 0 Å². The number of piperidine rings is 1. The zero-order valence-corrected chi connectivity index (χ0v) is 17.4. The molecule has 0 aliphatic carbocycles. The molecule has 2 saturated heterocycles. The van der Waals surface area contributed by atoms with E-state index in [1.54, 1.807) is 12.1 Å². The standard InChI is InChI=1S/C21H22BrN3O4/c22-14-1-3-15(4-2-14)28-16-5-8-24-18(11-16)19(26)25-13-17-12-21(20(27)29-17)6-9-23-10-7-21/h1-5,8,11,17,23H,6-7,9-10,12-13H2,(H,25,26). The van der Waals surface area contributed by atoms with Gasteiger partial charge in [-0.15, -0.1) is 0 Å². The van der Waals surface area contributed by atoms with Gasteiger partial charge in [0.15, 0.2) is 0 Å². The molecule has 3 heterocycles. The Hall–Kier alpha value is -2.45. The van der Waals surface area contributed by atoms with Gasteiger partial charge < -0.3 is 20.1 Å². The molecule has 152 valence electrons. The number of ether oxygens (including phenoxy) is 2. The van der Waals surface area contributed by atoms with Gasteiger partial charge in [0.2, 0.25) is 0 Å². The Morgan fingerprint density at radius 1 is 1.24 bits per heavy atom. The smallest absolute Gasteiger partial charge is 0.312 e. The molecule has 2 N–H and O–H groups in total. The van der Waals surface area contributed by atoms with Crippen molar-refractivity contribution >= 4 is 27.8 Å². The van der Waals surface area contributed by atoms with Crippen molar-refractivity contribution in [2.75, 3.05) is 19.6 Å². The molecule has 0 saturated carbocycles. The third-order valence-electron chi connectivity index (χ3n) is 5.39. The molecule has 2 fully saturated rings. The number of carbonyl (C=O) groups is 2. The third kappa shape index (κ3) is 4.59. The van der Waals surface area contributed by atoms with E-state index in [1.807, 2.05) is 24.3 Å². The fourth-order valence-electron chi connectivity index (χ4n) is 3.80. The van der Waals surface area contributed by atoms with Gasteiger partial charge >= 0.3 is 5.97 Å². The summed E-state index contributed by atoms with van der Waals surface area (Å²) >= 11 is 3.38. The third-order valence-corrected chi connectivity index (χ3v) is 5.92. The number of esters is 1. The SMILES string of the molecule is O=C(NCC1CC2(CCNCC2)C(=O)O1)c1cc(Oc2ccc(Br)cc2)ccn1. The number of cyclic esters (lactones) is 1. The van der Waals surface area contributed by atoms with Crippen LogP contribution in [0.4, 0.5) is 0 Å². The summed E-state index contributed by atoms with van der Waals surface area (Å²) in [5, 5.41) is 6.09. The van der Waals surface area contributed by atoms with Gasteiger partial charge in [-0.3, -0.25) is 14.6 Å². The summed E-state index contributed by atoms with van der Waals surface area (Å²) in [6.07, 6.45) is 3.45. The molecule has 2 aliphatic rings. The first-order chi connectivity index (χ1) is 14.0. The van der Waals surface area contributed by atoms with Crippen LogP contribution in [0, 0.1) is 5.41 Å². The normalized spacial score (nSPS) is 20.3. The Kier molecular flexibility index (Phi) is 5.82. The lowest BCUT2D eigenvalue weighted by atomic mass is 9.76. The van der Waals surface area contributed by atoms with E-state index in [-0.39, 0.29) is 30.2 Å². The van der Waals surface area contributed by atoms with Crippen molar-refractivity contribution in [3.63, 3.8) is 0 Å². The fraction of sp³-hybridized carbons (Fsp3) is 0.381. The van der Waals surface area contributed by atoms with E-state index in [4.69, 9.17) is 9.47 Å². The fourth-order valence-corrected chi connectivity index (χ4v) is 4.06. The minimum absolute atomic E-state index is 0.138. The minimum Gasteiger partial charge on any atom is -0.460 e. The molecule has 2 aliphatic heterocycles. The van der Waals surface area contributed by atoms with Crippen LogP contribution in [-0.2, 0) is 9.53 Å². The molecule has 0 radical (unpaired) electrons. The van der Waals surface area contributed by atoms with Gasteiger partial charge in [-0.05, 0) is 56.3 Å². The predicted molar refractivity (Wildman–Crippen MR) is 110 cm³/mol. The number of halogens is 1. The molecule has 7 nitrogen and oxygen atoms in total. The number of benzene rings is 1. The van der Waals surface area contributed by atoms with Crippen molar-refractivity contribution < 1.29 is 19.1 Å². The Balaban J connectivity index is 1.34. The quantitative estimate of drug-likeness (QED) is 0.667. The molecular weight excluding hydrogens is 438 g/mol. The first-order valence-electron chi connectivity index (χ1n) is 9.64. The van der Waals surface area contributed by atoms with E-state index in [1.165, 1.54) is 6.20 Å². The van der Waals surface area contributed by atoms with Crippen LogP contribution in [0.15, 0.2) is 47.1 Å². The van der Waals surface area contributed by atoms with Crippen LogP contribution in [0.1, 0.15) is 29.8 Å². The van der Waals surface area contributed by atoms with Gasteiger partial charge in [0.25, 0.3) is 5.91 Å². The van der Waals surface area contributed by atoms with Crippen LogP contribution in [0.3, 0.4) is 0 Å². The second-order valence-corrected chi connectivity index (χ2v) is 8.32. The number of rotatable bonds is 5. The summed E-state index contributed by atoms with van der Waals surface area (Å²) in [6.45, 7) is 1.92. The molecule has 8 heteroatoms. The lowest BCUT2D eigenvalue weighted by Crippen LogP contribution is -2.39. The molecule has 1 unspecified atom stereocenters. The van der Waals surface area contributed by atoms with Crippen molar-refractivity contribution in [3.8, 4) is 11.5 Å². The van der Waals surface area contributed by atoms with Gasteiger partial charge in [-0.2, -0.15) is 0 Å². The lowest BCUT2D eigenvalue weighted by Gasteiger charge is -2.29. The number of nitrogens with zero attached hydrogens (tertiary/aromatic N) is 1. The highest BCUT2D eigenvalue weighted by Gasteiger charge is 2.49. The van der Waals surface area contributed by atoms with Crippen molar-refractivity contribution in [1.29, 1.82) is 0 Å². The topological polar surface area (TPSA) is 89.6 Å². The number of hydrogen-bond acceptors (Lipinski definition) is 6. The highest BCUT2D eigenvalue weighted by atomic mass is 79.9. The highest BCUT2D eigenvalue weighted by Crippen LogP contribution is 2.41. The van der Waals surface area contributed by atoms with Crippen LogP contribution < -0.4 is 15.4 Å². The highest BCUT2D eigenvalue weighted by molar-refractivity contribution is 9.10. The van der Waals surface area contributed by atoms with Crippen LogP contribution in [-0.4, -0.2) is 42.6 Å². The summed E-state index contributed by atoms with van der Waals surface area (Å²) in [5.41, 5.74) is -0.141. The maximum atomic E-state index is 12.5. The van der Waals surface area contributed by atoms with E-state index < -0.39 is 5.41 Å². The molecule has 4 rings (SSSR count). The summed E-state index contributed by atoms with van der Waals surface area (Å²) < 4.78 is 12.3. The molecule has 1 aromatic carbocycles. The van der Waals surface area contributed by atoms with Gasteiger partial charge in [0.1, 0.15) is 23.3 Å². The van der Waals surface area contributed by atoms with Crippen molar-refractivity contribution in [1.82, 2.24) is 15.6 Å². The maximum Gasteiger partial charge on any atom is 0.312 e. The minimum atomic E-state index is -0.392. The number of carbonyl (C=O) groups excluding carboxylic acids is 2. The maximum absolute atomic E-state index is 12.5. The van der Waals surface area contributed by atoms with E-state index in [2.05, 4.69) is 31.5 Å². The first kappa shape index (κ1) is 19.8. The molecular formula is C21H22BrN3O4. The van der Waals surface area contributed by atoms with E-state index in [9.17, 15) is 9.59 Å². The number of nitrogens with one attached hydrogen (secondary N) is 2. The Labute approximate surface area is 177 Å². The molecule has 1 atom stereocenters. The Bertz CT molecular complexity index is 897. The zero-order valence-electron chi connectivity index (χ0n) is 15.8. The first-order valence-corrected chi connectivity index (χ1v) is 10.4. The monoisotopic (exact) mass is 459 g/mol. The Morgan fingerprint density at radius 2 is 2.00 bits per heavy atom. The van der Waals surface area contributed by atoms with E-state index in [0.29, 0.717) is 17.9 Å². The molecule has 1 aromatic heterocycles. The summed E-state index contributed by atoms with van der Waals surface area (Å²) in [5.74, 6) is 0.721. The van der Waals surface area contributed by atoms with Gasteiger partial charge in [0, 0.05) is 23.2 Å². The number of amides is 1. The van der Waals surface area contributed by atoms with E-state index in [0.717, 1.165) is 30.4 Å². The Morgan fingerprint density at radius 3 is 2.76 bits per heavy atom. The summed E-state index contributed by atoms with van der Waals surface area (Å²) in [4.78, 5) is 29.0. The number of hydrogen-bond donors (Lipinski definition) is 2. The largest absolute Gasteiger partial charge is 0.460 e. The number of pyridine rings is 1. The van der Waals surface area contributed by atoms with E-state index >= 15 is 0 Å². The summed E-state index contributed by atoms with van der Waals surface area (Å²) in [7, 11) is 0. The molecule has 29 heavy (non-hydrogen) atoms. The predicted octanol–water partition coefficient (Wildman–Crippen LogP) is 3.05. The average Bonchev–Trinajstić information content (AvgIpc) is 3.03. The van der Waals surface area contributed by atoms with Crippen molar-refractivity contribution in [2.24, 2.45) is 5.41 Å². The molecule has 2 aromatic rings. The summed E-state index contributed by atoms with van der Waals surface area (Å²) in [6, 6.07) is 10.7. The van der Waals surface area contributed by atoms with Crippen molar-refractivity contribution in [2.45, 2.75) is 25.4 Å². The average molecular weight is 460 g/mol. The molecule has 1 amide bonds.